The number of rotatable bonds is 1. The average molecular weight is 210 g/mol. The van der Waals surface area contributed by atoms with Crippen LogP contribution in [0, 0.1) is 6.92 Å². The summed E-state index contributed by atoms with van der Waals surface area (Å²) in [5.41, 5.74) is 1.28. The van der Waals surface area contributed by atoms with Gasteiger partial charge in [-0.3, -0.25) is 0 Å². The van der Waals surface area contributed by atoms with Crippen LogP contribution in [0.25, 0.3) is 10.1 Å². The smallest absolute Gasteiger partial charge is 0.134 e. The number of thiophene rings is 1. The molecule has 0 atom stereocenters. The molecule has 0 bridgehead atoms. The lowest BCUT2D eigenvalue weighted by Gasteiger charge is -2.02. The lowest BCUT2D eigenvalue weighted by molar-refractivity contribution is 0.483. The first-order valence-electron chi connectivity index (χ1n) is 3.98. The first-order valence-corrected chi connectivity index (χ1v) is 6.08. The maximum atomic E-state index is 9.52. The van der Waals surface area contributed by atoms with Crippen molar-refractivity contribution in [2.24, 2.45) is 0 Å². The van der Waals surface area contributed by atoms with E-state index in [9.17, 15) is 5.11 Å². The van der Waals surface area contributed by atoms with Crippen molar-refractivity contribution >= 4 is 33.2 Å². The van der Waals surface area contributed by atoms with E-state index in [2.05, 4.69) is 19.2 Å². The molecule has 0 aliphatic rings. The van der Waals surface area contributed by atoms with E-state index in [1.807, 2.05) is 6.07 Å². The summed E-state index contributed by atoms with van der Waals surface area (Å²) < 4.78 is 1.20. The van der Waals surface area contributed by atoms with Crippen LogP contribution in [-0.4, -0.2) is 11.4 Å². The quantitative estimate of drug-likeness (QED) is 0.725. The van der Waals surface area contributed by atoms with E-state index < -0.39 is 0 Å². The van der Waals surface area contributed by atoms with Crippen molar-refractivity contribution in [1.29, 1.82) is 0 Å². The van der Waals surface area contributed by atoms with Gasteiger partial charge in [-0.15, -0.1) is 23.1 Å². The third-order valence-electron chi connectivity index (χ3n) is 2.08. The maximum absolute atomic E-state index is 9.52. The van der Waals surface area contributed by atoms with Crippen LogP contribution in [0.4, 0.5) is 0 Å². The van der Waals surface area contributed by atoms with Crippen LogP contribution in [0.15, 0.2) is 22.4 Å². The van der Waals surface area contributed by atoms with Gasteiger partial charge in [0.25, 0.3) is 0 Å². The molecule has 0 aliphatic carbocycles. The van der Waals surface area contributed by atoms with Gasteiger partial charge in [0.2, 0.25) is 0 Å². The van der Waals surface area contributed by atoms with Crippen molar-refractivity contribution in [3.63, 3.8) is 0 Å². The van der Waals surface area contributed by atoms with Crippen LogP contribution in [-0.2, 0) is 0 Å². The van der Waals surface area contributed by atoms with Gasteiger partial charge in [0, 0.05) is 15.7 Å². The van der Waals surface area contributed by atoms with Gasteiger partial charge < -0.3 is 5.11 Å². The van der Waals surface area contributed by atoms with Crippen molar-refractivity contribution in [2.45, 2.75) is 11.8 Å². The van der Waals surface area contributed by atoms with Crippen LogP contribution in [0.2, 0.25) is 0 Å². The third kappa shape index (κ3) is 1.32. The summed E-state index contributed by atoms with van der Waals surface area (Å²) in [6.07, 6.45) is 2.07. The number of aromatic hydroxyl groups is 1. The zero-order valence-corrected chi connectivity index (χ0v) is 9.13. The predicted octanol–water partition coefficient (Wildman–Crippen LogP) is 3.64. The molecule has 0 fully saturated rings. The minimum Gasteiger partial charge on any atom is -0.506 e. The Hall–Kier alpha value is -0.670. The fourth-order valence-corrected chi connectivity index (χ4v) is 3.42. The SMILES string of the molecule is CSc1c(C)ccc2c(O)csc12. The Morgan fingerprint density at radius 2 is 2.15 bits per heavy atom. The van der Waals surface area contributed by atoms with Gasteiger partial charge in [0.15, 0.2) is 0 Å². The lowest BCUT2D eigenvalue weighted by Crippen LogP contribution is -1.77. The number of hydrogen-bond acceptors (Lipinski definition) is 3. The minimum atomic E-state index is 0.398. The van der Waals surface area contributed by atoms with Gasteiger partial charge in [0.1, 0.15) is 5.75 Å². The second-order valence-corrected chi connectivity index (χ2v) is 4.61. The van der Waals surface area contributed by atoms with Crippen molar-refractivity contribution in [1.82, 2.24) is 0 Å². The first kappa shape index (κ1) is 8.91. The molecule has 0 saturated carbocycles. The molecule has 3 heteroatoms. The Morgan fingerprint density at radius 3 is 2.85 bits per heavy atom. The summed E-state index contributed by atoms with van der Waals surface area (Å²) in [6, 6.07) is 4.04. The third-order valence-corrected chi connectivity index (χ3v) is 4.14. The zero-order valence-electron chi connectivity index (χ0n) is 7.50. The van der Waals surface area contributed by atoms with Gasteiger partial charge in [-0.25, -0.2) is 0 Å². The Morgan fingerprint density at radius 1 is 1.38 bits per heavy atom. The van der Waals surface area contributed by atoms with E-state index in [4.69, 9.17) is 0 Å². The molecule has 0 radical (unpaired) electrons. The standard InChI is InChI=1S/C10H10OS2/c1-6-3-4-7-8(11)5-13-10(7)9(6)12-2/h3-5,11H,1-2H3. The fraction of sp³-hybridized carbons (Fsp3) is 0.200. The molecule has 1 N–H and O–H groups in total. The van der Waals surface area contributed by atoms with Crippen LogP contribution in [0.5, 0.6) is 5.75 Å². The molecule has 0 aliphatic heterocycles. The molecule has 0 saturated heterocycles. The summed E-state index contributed by atoms with van der Waals surface area (Å²) in [5.74, 6) is 0.398. The highest BCUT2D eigenvalue weighted by Crippen LogP contribution is 2.38. The Labute approximate surface area is 85.4 Å². The summed E-state index contributed by atoms with van der Waals surface area (Å²) in [5, 5.41) is 12.3. The van der Waals surface area contributed by atoms with Gasteiger partial charge in [-0.05, 0) is 24.8 Å². The molecule has 0 amide bonds. The fourth-order valence-electron chi connectivity index (χ4n) is 1.41. The molecule has 0 unspecified atom stereocenters. The molecule has 1 aromatic carbocycles. The van der Waals surface area contributed by atoms with Crippen molar-refractivity contribution in [3.8, 4) is 5.75 Å². The van der Waals surface area contributed by atoms with E-state index in [-0.39, 0.29) is 0 Å². The zero-order chi connectivity index (χ0) is 9.42. The second-order valence-electron chi connectivity index (χ2n) is 2.91. The normalized spacial score (nSPS) is 10.9. The van der Waals surface area contributed by atoms with Crippen LogP contribution >= 0.6 is 23.1 Å². The summed E-state index contributed by atoms with van der Waals surface area (Å²) in [7, 11) is 0. The van der Waals surface area contributed by atoms with Crippen LogP contribution in [0.3, 0.4) is 0 Å². The van der Waals surface area contributed by atoms with Crippen molar-refractivity contribution < 1.29 is 5.11 Å². The molecule has 1 aromatic heterocycles. The molecule has 1 nitrogen and oxygen atoms in total. The first-order chi connectivity index (χ1) is 6.24. The van der Waals surface area contributed by atoms with E-state index in [1.165, 1.54) is 15.2 Å². The molecule has 1 heterocycles. The van der Waals surface area contributed by atoms with E-state index in [0.717, 1.165) is 5.39 Å². The molecule has 2 rings (SSSR count). The molecule has 68 valence electrons. The van der Waals surface area contributed by atoms with Gasteiger partial charge in [-0.2, -0.15) is 0 Å². The second kappa shape index (κ2) is 3.24. The summed E-state index contributed by atoms with van der Waals surface area (Å²) in [4.78, 5) is 1.28. The molecule has 2 aromatic rings. The average Bonchev–Trinajstić information content (AvgIpc) is 2.48. The molecular weight excluding hydrogens is 200 g/mol. The maximum Gasteiger partial charge on any atom is 0.134 e. The Balaban J connectivity index is 2.85. The van der Waals surface area contributed by atoms with E-state index in [0.29, 0.717) is 5.75 Å². The largest absolute Gasteiger partial charge is 0.506 e. The Bertz CT molecular complexity index is 445. The highest BCUT2D eigenvalue weighted by Gasteiger charge is 2.08. The molecule has 13 heavy (non-hydrogen) atoms. The van der Waals surface area contributed by atoms with Crippen LogP contribution in [0.1, 0.15) is 5.56 Å². The van der Waals surface area contributed by atoms with Crippen LogP contribution < -0.4 is 0 Å². The lowest BCUT2D eigenvalue weighted by atomic mass is 10.2. The number of fused-ring (bicyclic) bond motifs is 1. The summed E-state index contributed by atoms with van der Waals surface area (Å²) >= 11 is 3.35. The van der Waals surface area contributed by atoms with E-state index >= 15 is 0 Å². The number of aryl methyl sites for hydroxylation is 1. The number of thioether (sulfide) groups is 1. The number of benzene rings is 1. The Kier molecular flexibility index (Phi) is 2.22. The highest BCUT2D eigenvalue weighted by molar-refractivity contribution is 7.99. The highest BCUT2D eigenvalue weighted by atomic mass is 32.2. The minimum absolute atomic E-state index is 0.398. The van der Waals surface area contributed by atoms with Gasteiger partial charge in [0.05, 0.1) is 4.70 Å². The monoisotopic (exact) mass is 210 g/mol. The van der Waals surface area contributed by atoms with Crippen molar-refractivity contribution in [2.75, 3.05) is 6.26 Å². The van der Waals surface area contributed by atoms with Crippen molar-refractivity contribution in [3.05, 3.63) is 23.1 Å². The van der Waals surface area contributed by atoms with Gasteiger partial charge in [-0.1, -0.05) is 6.07 Å². The van der Waals surface area contributed by atoms with E-state index in [1.54, 1.807) is 28.5 Å². The number of hydrogen-bond donors (Lipinski definition) is 1. The molecular formula is C10H10OS2. The topological polar surface area (TPSA) is 20.2 Å². The van der Waals surface area contributed by atoms with Gasteiger partial charge >= 0.3 is 0 Å². The predicted molar refractivity (Wildman–Crippen MR) is 60.0 cm³/mol. The molecule has 0 spiro atoms. The summed E-state index contributed by atoms with van der Waals surface area (Å²) in [6.45, 7) is 2.10.